The quantitative estimate of drug-likeness (QED) is 0.455. The molecule has 0 aliphatic carbocycles. The molecular formula is C14H20NNaO3S3. The Morgan fingerprint density at radius 2 is 1.95 bits per heavy atom. The first-order chi connectivity index (χ1) is 10.1. The van der Waals surface area contributed by atoms with E-state index in [1.54, 1.807) is 18.2 Å². The summed E-state index contributed by atoms with van der Waals surface area (Å²) in [6.07, 6.45) is 4.31. The van der Waals surface area contributed by atoms with Crippen molar-refractivity contribution >= 4 is 67.1 Å². The molecule has 1 aliphatic rings. The minimum atomic E-state index is -3.72. The van der Waals surface area contributed by atoms with Gasteiger partial charge < -0.3 is 0 Å². The Morgan fingerprint density at radius 3 is 2.59 bits per heavy atom. The molecule has 4 nitrogen and oxygen atoms in total. The van der Waals surface area contributed by atoms with Gasteiger partial charge in [-0.2, -0.15) is 0 Å². The molecule has 0 saturated carbocycles. The summed E-state index contributed by atoms with van der Waals surface area (Å²) in [5.41, 5.74) is 0. The van der Waals surface area contributed by atoms with Gasteiger partial charge in [0.2, 0.25) is 5.91 Å². The van der Waals surface area contributed by atoms with E-state index in [9.17, 15) is 13.2 Å². The first kappa shape index (κ1) is 20.4. The van der Waals surface area contributed by atoms with Crippen LogP contribution in [0.15, 0.2) is 35.2 Å². The normalized spacial score (nSPS) is 17.7. The molecule has 22 heavy (non-hydrogen) atoms. The van der Waals surface area contributed by atoms with Crippen molar-refractivity contribution in [1.82, 2.24) is 4.72 Å². The van der Waals surface area contributed by atoms with Gasteiger partial charge in [-0.3, -0.25) is 4.79 Å². The van der Waals surface area contributed by atoms with Gasteiger partial charge >= 0.3 is 29.6 Å². The van der Waals surface area contributed by atoms with Crippen LogP contribution in [0.25, 0.3) is 0 Å². The molecule has 1 amide bonds. The van der Waals surface area contributed by atoms with E-state index >= 15 is 0 Å². The molecule has 1 heterocycles. The van der Waals surface area contributed by atoms with E-state index in [1.165, 1.54) is 24.3 Å². The van der Waals surface area contributed by atoms with Gasteiger partial charge in [0.15, 0.2) is 0 Å². The molecule has 118 valence electrons. The summed E-state index contributed by atoms with van der Waals surface area (Å²) < 4.78 is 26.0. The van der Waals surface area contributed by atoms with Crippen molar-refractivity contribution in [3.63, 3.8) is 0 Å². The third-order valence-electron chi connectivity index (χ3n) is 3.21. The van der Waals surface area contributed by atoms with Crippen LogP contribution in [0.4, 0.5) is 0 Å². The summed E-state index contributed by atoms with van der Waals surface area (Å²) in [6, 6.07) is 7.96. The first-order valence-electron chi connectivity index (χ1n) is 6.97. The molecule has 0 bridgehead atoms. The number of benzene rings is 1. The summed E-state index contributed by atoms with van der Waals surface area (Å²) >= 11 is 0. The maximum atomic E-state index is 11.9. The standard InChI is InChI=1S/C14H19NO3S3.Na.H/c16-14(9-5-4-6-12-10-11-19-20-12)15-21(17,18)13-7-2-1-3-8-13;;/h1-3,7-8,12H,4-6,9-11H2,(H,15,16);;. The third kappa shape index (κ3) is 6.84. The topological polar surface area (TPSA) is 63.2 Å². The molecule has 1 aromatic carbocycles. The SMILES string of the molecule is O=C(CCCCC1CCSS1)NS(=O)(=O)c1ccccc1.[NaH]. The van der Waals surface area contributed by atoms with Crippen LogP contribution < -0.4 is 4.72 Å². The van der Waals surface area contributed by atoms with Crippen LogP contribution in [0.3, 0.4) is 0 Å². The first-order valence-corrected chi connectivity index (χ1v) is 10.8. The van der Waals surface area contributed by atoms with Gasteiger partial charge in [0.1, 0.15) is 0 Å². The summed E-state index contributed by atoms with van der Waals surface area (Å²) in [4.78, 5) is 11.9. The van der Waals surface area contributed by atoms with Gasteiger partial charge in [0.25, 0.3) is 10.0 Å². The van der Waals surface area contributed by atoms with Crippen molar-refractivity contribution in [3.05, 3.63) is 30.3 Å². The summed E-state index contributed by atoms with van der Waals surface area (Å²) in [5, 5.41) is 0.700. The summed E-state index contributed by atoms with van der Waals surface area (Å²) in [6.45, 7) is 0. The van der Waals surface area contributed by atoms with Crippen LogP contribution in [-0.4, -0.2) is 54.9 Å². The molecule has 8 heteroatoms. The van der Waals surface area contributed by atoms with E-state index < -0.39 is 15.9 Å². The van der Waals surface area contributed by atoms with Crippen LogP contribution in [0.5, 0.6) is 0 Å². The van der Waals surface area contributed by atoms with Gasteiger partial charge in [0, 0.05) is 17.4 Å². The fourth-order valence-electron chi connectivity index (χ4n) is 2.08. The van der Waals surface area contributed by atoms with Crippen molar-refractivity contribution < 1.29 is 13.2 Å². The molecular weight excluding hydrogens is 349 g/mol. The molecule has 1 aliphatic heterocycles. The molecule has 2 rings (SSSR count). The fraction of sp³-hybridized carbons (Fsp3) is 0.500. The minimum absolute atomic E-state index is 0. The second-order valence-electron chi connectivity index (χ2n) is 4.92. The molecule has 0 radical (unpaired) electrons. The van der Waals surface area contributed by atoms with E-state index in [2.05, 4.69) is 4.72 Å². The second-order valence-corrected chi connectivity index (χ2v) is 9.39. The van der Waals surface area contributed by atoms with Crippen LogP contribution in [0, 0.1) is 0 Å². The number of nitrogens with one attached hydrogen (secondary N) is 1. The Hall–Kier alpha value is 0.340. The Kier molecular flexibility index (Phi) is 9.50. The zero-order valence-corrected chi connectivity index (χ0v) is 14.1. The zero-order valence-electron chi connectivity index (χ0n) is 11.7. The average Bonchev–Trinajstić information content (AvgIpc) is 2.97. The fourth-order valence-corrected chi connectivity index (χ4v) is 6.14. The van der Waals surface area contributed by atoms with Crippen molar-refractivity contribution in [3.8, 4) is 0 Å². The van der Waals surface area contributed by atoms with E-state index in [-0.39, 0.29) is 40.9 Å². The summed E-state index contributed by atoms with van der Waals surface area (Å²) in [7, 11) is 0.120. The predicted molar refractivity (Wildman–Crippen MR) is 95.8 cm³/mol. The van der Waals surface area contributed by atoms with Gasteiger partial charge in [-0.05, 0) is 31.4 Å². The number of carbonyl (C=O) groups is 1. The van der Waals surface area contributed by atoms with Crippen LogP contribution >= 0.6 is 21.6 Å². The molecule has 1 unspecified atom stereocenters. The molecule has 1 aromatic rings. The van der Waals surface area contributed by atoms with Crippen molar-refractivity contribution in [2.24, 2.45) is 0 Å². The maximum absolute atomic E-state index is 11.9. The molecule has 1 saturated heterocycles. The van der Waals surface area contributed by atoms with Gasteiger partial charge in [-0.25, -0.2) is 13.1 Å². The molecule has 0 aromatic heterocycles. The number of amides is 1. The Morgan fingerprint density at radius 1 is 1.23 bits per heavy atom. The number of carbonyl (C=O) groups excluding carboxylic acids is 1. The zero-order chi connectivity index (χ0) is 15.1. The van der Waals surface area contributed by atoms with Crippen molar-refractivity contribution in [2.75, 3.05) is 5.75 Å². The monoisotopic (exact) mass is 369 g/mol. The molecule has 1 fully saturated rings. The Labute approximate surface area is 162 Å². The van der Waals surface area contributed by atoms with Gasteiger partial charge in [0.05, 0.1) is 4.90 Å². The van der Waals surface area contributed by atoms with Crippen molar-refractivity contribution in [2.45, 2.75) is 42.2 Å². The van der Waals surface area contributed by atoms with Crippen LogP contribution in [0.2, 0.25) is 0 Å². The Bertz CT molecular complexity index is 560. The second kappa shape index (κ2) is 10.3. The average molecular weight is 370 g/mol. The van der Waals surface area contributed by atoms with E-state index in [1.807, 2.05) is 21.6 Å². The van der Waals surface area contributed by atoms with Crippen LogP contribution in [-0.2, 0) is 14.8 Å². The van der Waals surface area contributed by atoms with E-state index in [0.717, 1.165) is 19.3 Å². The van der Waals surface area contributed by atoms with Gasteiger partial charge in [-0.1, -0.05) is 46.2 Å². The van der Waals surface area contributed by atoms with Crippen molar-refractivity contribution in [1.29, 1.82) is 0 Å². The number of hydrogen-bond acceptors (Lipinski definition) is 5. The number of sulfonamides is 1. The molecule has 1 atom stereocenters. The number of unbranched alkanes of at least 4 members (excludes halogenated alkanes) is 1. The summed E-state index contributed by atoms with van der Waals surface area (Å²) in [5.74, 6) is 0.790. The number of hydrogen-bond donors (Lipinski definition) is 1. The number of rotatable bonds is 7. The van der Waals surface area contributed by atoms with E-state index in [0.29, 0.717) is 5.25 Å². The molecule has 0 spiro atoms. The van der Waals surface area contributed by atoms with E-state index in [4.69, 9.17) is 0 Å². The van der Waals surface area contributed by atoms with Gasteiger partial charge in [-0.15, -0.1) is 0 Å². The third-order valence-corrected chi connectivity index (χ3v) is 7.60. The Balaban J connectivity index is 0.00000242. The molecule has 1 N–H and O–H groups in total. The predicted octanol–water partition coefficient (Wildman–Crippen LogP) is 2.56. The van der Waals surface area contributed by atoms with Crippen LogP contribution in [0.1, 0.15) is 32.1 Å².